The van der Waals surface area contributed by atoms with Crippen LogP contribution in [0.3, 0.4) is 0 Å². The molecule has 4 heterocycles. The summed E-state index contributed by atoms with van der Waals surface area (Å²) in [6.45, 7) is 8.88. The highest BCUT2D eigenvalue weighted by Crippen LogP contribution is 2.28. The zero-order valence-corrected chi connectivity index (χ0v) is 21.3. The van der Waals surface area contributed by atoms with Gasteiger partial charge in [-0.1, -0.05) is 6.07 Å². The van der Waals surface area contributed by atoms with Crippen LogP contribution in [0.25, 0.3) is 6.08 Å². The SMILES string of the molecule is CC1CN(C(=O)N2C=Cc3[nH]nc(NC(=O)c4cccc(C#N)c4)c3C2)[C@@H](C)CN1CC1CCOCC1. The van der Waals surface area contributed by atoms with E-state index >= 15 is 0 Å². The van der Waals surface area contributed by atoms with Crippen molar-refractivity contribution >= 4 is 23.8 Å². The van der Waals surface area contributed by atoms with Crippen LogP contribution in [0.1, 0.15) is 53.9 Å². The van der Waals surface area contributed by atoms with Gasteiger partial charge in [0.15, 0.2) is 5.82 Å². The minimum Gasteiger partial charge on any atom is -0.381 e. The Morgan fingerprint density at radius 2 is 2.03 bits per heavy atom. The highest BCUT2D eigenvalue weighted by molar-refractivity contribution is 6.04. The molecule has 1 aromatic heterocycles. The summed E-state index contributed by atoms with van der Waals surface area (Å²) < 4.78 is 5.51. The van der Waals surface area contributed by atoms with Crippen LogP contribution in [-0.2, 0) is 11.3 Å². The Hall–Kier alpha value is -3.68. The van der Waals surface area contributed by atoms with Gasteiger partial charge in [-0.3, -0.25) is 19.7 Å². The maximum Gasteiger partial charge on any atom is 0.324 e. The smallest absolute Gasteiger partial charge is 0.324 e. The average molecular weight is 504 g/mol. The van der Waals surface area contributed by atoms with E-state index in [4.69, 9.17) is 10.00 Å². The largest absolute Gasteiger partial charge is 0.381 e. The van der Waals surface area contributed by atoms with Gasteiger partial charge in [0, 0.05) is 62.3 Å². The lowest BCUT2D eigenvalue weighted by Gasteiger charge is -2.46. The van der Waals surface area contributed by atoms with Gasteiger partial charge in [0.25, 0.3) is 5.91 Å². The number of carbonyl (C=O) groups is 2. The first-order valence-electron chi connectivity index (χ1n) is 12.9. The van der Waals surface area contributed by atoms with Crippen LogP contribution in [0.2, 0.25) is 0 Å². The minimum absolute atomic E-state index is 0.0489. The highest BCUT2D eigenvalue weighted by Gasteiger charge is 2.36. The molecule has 10 heteroatoms. The molecule has 0 saturated carbocycles. The first kappa shape index (κ1) is 25.0. The van der Waals surface area contributed by atoms with Gasteiger partial charge in [0.1, 0.15) is 0 Å². The summed E-state index contributed by atoms with van der Waals surface area (Å²) in [6, 6.07) is 8.86. The number of rotatable bonds is 4. The Kier molecular flexibility index (Phi) is 7.26. The summed E-state index contributed by atoms with van der Waals surface area (Å²) >= 11 is 0. The number of piperazine rings is 1. The summed E-state index contributed by atoms with van der Waals surface area (Å²) in [7, 11) is 0. The van der Waals surface area contributed by atoms with Crippen LogP contribution in [0.5, 0.6) is 0 Å². The Bertz CT molecular complexity index is 1230. The quantitative estimate of drug-likeness (QED) is 0.661. The van der Waals surface area contributed by atoms with Crippen molar-refractivity contribution in [3.05, 3.63) is 52.8 Å². The van der Waals surface area contributed by atoms with Crippen molar-refractivity contribution in [1.82, 2.24) is 24.9 Å². The maximum atomic E-state index is 13.6. The van der Waals surface area contributed by atoms with Gasteiger partial charge >= 0.3 is 6.03 Å². The number of nitrogens with one attached hydrogen (secondary N) is 2. The predicted molar refractivity (Wildman–Crippen MR) is 138 cm³/mol. The first-order valence-corrected chi connectivity index (χ1v) is 12.9. The second kappa shape index (κ2) is 10.7. The first-order chi connectivity index (χ1) is 17.9. The number of amides is 3. The van der Waals surface area contributed by atoms with Gasteiger partial charge in [-0.05, 0) is 56.9 Å². The molecule has 2 atom stereocenters. The van der Waals surface area contributed by atoms with Crippen LogP contribution < -0.4 is 5.32 Å². The molecule has 194 valence electrons. The molecule has 5 rings (SSSR count). The fourth-order valence-corrected chi connectivity index (χ4v) is 5.35. The fraction of sp³-hybridized carbons (Fsp3) is 0.481. The summed E-state index contributed by atoms with van der Waals surface area (Å²) in [5, 5.41) is 19.1. The Labute approximate surface area is 216 Å². The van der Waals surface area contributed by atoms with Crippen molar-refractivity contribution < 1.29 is 14.3 Å². The fourth-order valence-electron chi connectivity index (χ4n) is 5.35. The molecule has 2 fully saturated rings. The number of benzene rings is 1. The van der Waals surface area contributed by atoms with E-state index in [0.717, 1.165) is 50.4 Å². The second-order valence-corrected chi connectivity index (χ2v) is 10.2. The van der Waals surface area contributed by atoms with Gasteiger partial charge in [0.05, 0.1) is 23.9 Å². The molecular formula is C27H33N7O3. The molecule has 0 spiro atoms. The number of aromatic amines is 1. The van der Waals surface area contributed by atoms with E-state index in [1.807, 2.05) is 17.0 Å². The normalized spacial score (nSPS) is 22.4. The van der Waals surface area contributed by atoms with Crippen molar-refractivity contribution in [1.29, 1.82) is 5.26 Å². The van der Waals surface area contributed by atoms with Gasteiger partial charge in [-0.25, -0.2) is 4.79 Å². The monoisotopic (exact) mass is 503 g/mol. The third kappa shape index (κ3) is 5.38. The van der Waals surface area contributed by atoms with Crippen LogP contribution >= 0.6 is 0 Å². The highest BCUT2D eigenvalue weighted by atomic mass is 16.5. The molecule has 3 amide bonds. The average Bonchev–Trinajstić information content (AvgIpc) is 3.32. The number of fused-ring (bicyclic) bond motifs is 1. The summed E-state index contributed by atoms with van der Waals surface area (Å²) in [5.74, 6) is 0.681. The van der Waals surface area contributed by atoms with Crippen LogP contribution in [0.15, 0.2) is 30.5 Å². The molecule has 2 N–H and O–H groups in total. The zero-order valence-electron chi connectivity index (χ0n) is 21.3. The lowest BCUT2D eigenvalue weighted by Crippen LogP contribution is -2.60. The maximum absolute atomic E-state index is 13.6. The molecule has 0 bridgehead atoms. The predicted octanol–water partition coefficient (Wildman–Crippen LogP) is 3.26. The van der Waals surface area contributed by atoms with E-state index in [9.17, 15) is 9.59 Å². The van der Waals surface area contributed by atoms with E-state index in [0.29, 0.717) is 36.0 Å². The number of hydrogen-bond donors (Lipinski definition) is 2. The van der Waals surface area contributed by atoms with Crippen LogP contribution in [0, 0.1) is 17.2 Å². The van der Waals surface area contributed by atoms with E-state index in [-0.39, 0.29) is 24.0 Å². The molecule has 1 aromatic carbocycles. The van der Waals surface area contributed by atoms with Crippen molar-refractivity contribution in [2.75, 3.05) is 38.2 Å². The molecular weight excluding hydrogens is 470 g/mol. The molecule has 10 nitrogen and oxygen atoms in total. The van der Waals surface area contributed by atoms with E-state index in [2.05, 4.69) is 34.3 Å². The van der Waals surface area contributed by atoms with E-state index in [1.54, 1.807) is 29.3 Å². The molecule has 2 aromatic rings. The van der Waals surface area contributed by atoms with Crippen molar-refractivity contribution in [2.24, 2.45) is 5.92 Å². The van der Waals surface area contributed by atoms with E-state index in [1.165, 1.54) is 6.07 Å². The Morgan fingerprint density at radius 3 is 2.81 bits per heavy atom. The van der Waals surface area contributed by atoms with Gasteiger partial charge in [-0.2, -0.15) is 10.4 Å². The van der Waals surface area contributed by atoms with E-state index < -0.39 is 0 Å². The number of hydrogen-bond acceptors (Lipinski definition) is 6. The lowest BCUT2D eigenvalue weighted by molar-refractivity contribution is 0.0157. The number of nitrogens with zero attached hydrogens (tertiary/aromatic N) is 5. The number of carbonyl (C=O) groups excluding carboxylic acids is 2. The minimum atomic E-state index is -0.359. The standard InChI is InChI=1S/C27H33N7O3/c1-18-15-34(19(2)14-33(18)16-20-7-10-37-11-8-20)27(36)32-9-6-24-23(17-32)25(31-30-24)29-26(35)22-5-3-4-21(12-22)13-28/h3-6,9,12,18-20H,7-8,10-11,14-17H2,1-2H3,(H2,29,30,31,35)/t18?,19-/m0/s1. The van der Waals surface area contributed by atoms with Gasteiger partial charge in [-0.15, -0.1) is 0 Å². The van der Waals surface area contributed by atoms with Crippen molar-refractivity contribution in [3.63, 3.8) is 0 Å². The van der Waals surface area contributed by atoms with Crippen molar-refractivity contribution in [2.45, 2.75) is 45.3 Å². The second-order valence-electron chi connectivity index (χ2n) is 10.2. The molecule has 0 aliphatic carbocycles. The lowest BCUT2D eigenvalue weighted by atomic mass is 9.97. The van der Waals surface area contributed by atoms with Gasteiger partial charge < -0.3 is 15.0 Å². The van der Waals surface area contributed by atoms with Gasteiger partial charge in [0.2, 0.25) is 0 Å². The number of H-pyrrole nitrogens is 1. The van der Waals surface area contributed by atoms with Crippen LogP contribution in [-0.4, -0.2) is 81.8 Å². The molecule has 0 radical (unpaired) electrons. The number of anilines is 1. The molecule has 2 saturated heterocycles. The zero-order chi connectivity index (χ0) is 25.9. The number of ether oxygens (including phenoxy) is 1. The van der Waals surface area contributed by atoms with Crippen molar-refractivity contribution in [3.8, 4) is 6.07 Å². The molecule has 37 heavy (non-hydrogen) atoms. The molecule has 3 aliphatic heterocycles. The Morgan fingerprint density at radius 1 is 1.22 bits per heavy atom. The third-order valence-corrected chi connectivity index (χ3v) is 7.57. The third-order valence-electron chi connectivity index (χ3n) is 7.57. The topological polar surface area (TPSA) is 118 Å². The number of urea groups is 1. The summed E-state index contributed by atoms with van der Waals surface area (Å²) in [5.41, 5.74) is 2.29. The molecule has 1 unspecified atom stereocenters. The Balaban J connectivity index is 1.23. The number of aromatic nitrogens is 2. The summed E-state index contributed by atoms with van der Waals surface area (Å²) in [4.78, 5) is 32.5. The summed E-state index contributed by atoms with van der Waals surface area (Å²) in [6.07, 6.45) is 5.80. The van der Waals surface area contributed by atoms with Crippen LogP contribution in [0.4, 0.5) is 10.6 Å². The molecule has 3 aliphatic rings. The number of nitriles is 1.